The first-order chi connectivity index (χ1) is 10.1. The number of nitrogens with zero attached hydrogens (tertiary/aromatic N) is 2. The molecule has 1 amide bonds. The van der Waals surface area contributed by atoms with Crippen molar-refractivity contribution in [2.24, 2.45) is 11.7 Å². The van der Waals surface area contributed by atoms with E-state index in [0.717, 1.165) is 12.8 Å². The first-order valence-corrected chi connectivity index (χ1v) is 8.42. The lowest BCUT2D eigenvalue weighted by molar-refractivity contribution is 0.100. The molecule has 1 fully saturated rings. The third-order valence-corrected chi connectivity index (χ3v) is 4.61. The van der Waals surface area contributed by atoms with Crippen LogP contribution >= 0.6 is 22.9 Å². The van der Waals surface area contributed by atoms with Gasteiger partial charge in [0.15, 0.2) is 5.69 Å². The van der Waals surface area contributed by atoms with Gasteiger partial charge < -0.3 is 11.5 Å². The van der Waals surface area contributed by atoms with E-state index < -0.39 is 5.91 Å². The molecule has 1 aliphatic rings. The number of halogens is 1. The molecule has 1 aliphatic carbocycles. The van der Waals surface area contributed by atoms with E-state index in [9.17, 15) is 4.79 Å². The number of carbonyl (C=O) groups is 1. The van der Waals surface area contributed by atoms with Crippen molar-refractivity contribution < 1.29 is 4.79 Å². The average molecular weight is 400 g/mol. The highest BCUT2D eigenvalue weighted by Crippen LogP contribution is 2.22. The standard InChI is InChI=1S/C15H21IN4O/c16-20-14(17)13(15(18)21)12(19-20)10-9-11-7-5-3-1-2-4-6-8-11/h11H,1-8,17H2,(H2,18,21). The maximum Gasteiger partial charge on any atom is 0.255 e. The maximum atomic E-state index is 11.5. The van der Waals surface area contributed by atoms with Crippen LogP contribution in [0.4, 0.5) is 5.82 Å². The van der Waals surface area contributed by atoms with E-state index >= 15 is 0 Å². The fourth-order valence-electron chi connectivity index (χ4n) is 2.68. The minimum atomic E-state index is -0.575. The maximum absolute atomic E-state index is 11.5. The van der Waals surface area contributed by atoms with Crippen LogP contribution in [0, 0.1) is 17.8 Å². The summed E-state index contributed by atoms with van der Waals surface area (Å²) < 4.78 is 1.42. The normalized spacial score (nSPS) is 17.2. The van der Waals surface area contributed by atoms with Gasteiger partial charge in [-0.2, -0.15) is 7.99 Å². The van der Waals surface area contributed by atoms with Crippen molar-refractivity contribution in [1.29, 1.82) is 0 Å². The monoisotopic (exact) mass is 400 g/mol. The van der Waals surface area contributed by atoms with Gasteiger partial charge in [-0.1, -0.05) is 44.4 Å². The van der Waals surface area contributed by atoms with Crippen molar-refractivity contribution in [2.75, 3.05) is 5.73 Å². The molecular weight excluding hydrogens is 379 g/mol. The summed E-state index contributed by atoms with van der Waals surface area (Å²) in [5.74, 6) is 6.37. The van der Waals surface area contributed by atoms with Crippen LogP contribution in [0.25, 0.3) is 0 Å². The molecule has 1 heterocycles. The molecule has 5 nitrogen and oxygen atoms in total. The summed E-state index contributed by atoms with van der Waals surface area (Å²) in [6.45, 7) is 0. The van der Waals surface area contributed by atoms with E-state index in [4.69, 9.17) is 11.5 Å². The number of aromatic nitrogens is 2. The van der Waals surface area contributed by atoms with Crippen molar-refractivity contribution in [2.45, 2.75) is 51.4 Å². The van der Waals surface area contributed by atoms with Gasteiger partial charge in [-0.05, 0) is 18.8 Å². The molecule has 0 atom stereocenters. The molecule has 2 rings (SSSR count). The number of rotatable bonds is 1. The molecule has 1 aromatic heterocycles. The summed E-state index contributed by atoms with van der Waals surface area (Å²) >= 11 is 1.92. The van der Waals surface area contributed by atoms with E-state index in [1.165, 1.54) is 41.4 Å². The number of hydrogen-bond donors (Lipinski definition) is 2. The molecule has 1 aromatic rings. The van der Waals surface area contributed by atoms with Crippen molar-refractivity contribution >= 4 is 34.6 Å². The second-order valence-electron chi connectivity index (χ2n) is 5.50. The molecule has 1 saturated carbocycles. The topological polar surface area (TPSA) is 86.9 Å². The molecule has 0 saturated heterocycles. The van der Waals surface area contributed by atoms with Gasteiger partial charge in [-0.15, -0.1) is 0 Å². The molecule has 0 radical (unpaired) electrons. The van der Waals surface area contributed by atoms with Gasteiger partial charge in [0.05, 0.1) is 22.9 Å². The lowest BCUT2D eigenvalue weighted by atomic mass is 9.97. The quantitative estimate of drug-likeness (QED) is 0.562. The number of nitrogen functional groups attached to an aromatic ring is 1. The summed E-state index contributed by atoms with van der Waals surface area (Å²) in [5.41, 5.74) is 11.8. The van der Waals surface area contributed by atoms with Crippen molar-refractivity contribution in [1.82, 2.24) is 7.99 Å². The highest BCUT2D eigenvalue weighted by atomic mass is 127. The molecule has 0 unspecified atom stereocenters. The Morgan fingerprint density at radius 1 is 1.19 bits per heavy atom. The van der Waals surface area contributed by atoms with Crippen LogP contribution in [-0.2, 0) is 0 Å². The van der Waals surface area contributed by atoms with Crippen LogP contribution in [0.1, 0.15) is 67.4 Å². The van der Waals surface area contributed by atoms with Crippen molar-refractivity contribution in [3.8, 4) is 11.8 Å². The number of amides is 1. The Kier molecular flexibility index (Phi) is 5.91. The van der Waals surface area contributed by atoms with Crippen LogP contribution in [0.5, 0.6) is 0 Å². The largest absolute Gasteiger partial charge is 0.383 e. The summed E-state index contributed by atoms with van der Waals surface area (Å²) in [7, 11) is 0. The summed E-state index contributed by atoms with van der Waals surface area (Å²) in [6, 6.07) is 0. The van der Waals surface area contributed by atoms with Gasteiger partial charge in [-0.25, -0.2) is 0 Å². The zero-order valence-corrected chi connectivity index (χ0v) is 14.2. The zero-order chi connectivity index (χ0) is 15.2. The Morgan fingerprint density at radius 3 is 2.33 bits per heavy atom. The minimum Gasteiger partial charge on any atom is -0.383 e. The van der Waals surface area contributed by atoms with Gasteiger partial charge in [0.1, 0.15) is 11.4 Å². The Labute approximate surface area is 139 Å². The highest BCUT2D eigenvalue weighted by molar-refractivity contribution is 14.1. The van der Waals surface area contributed by atoms with Gasteiger partial charge in [-0.3, -0.25) is 4.79 Å². The third kappa shape index (κ3) is 4.37. The van der Waals surface area contributed by atoms with Crippen LogP contribution in [0.15, 0.2) is 0 Å². The van der Waals surface area contributed by atoms with Crippen molar-refractivity contribution in [3.05, 3.63) is 11.3 Å². The lowest BCUT2D eigenvalue weighted by Crippen LogP contribution is -2.14. The first kappa shape index (κ1) is 16.1. The molecule has 0 aromatic carbocycles. The number of hydrogen-bond acceptors (Lipinski definition) is 3. The Morgan fingerprint density at radius 2 is 1.76 bits per heavy atom. The van der Waals surface area contributed by atoms with Gasteiger partial charge in [0, 0.05) is 5.92 Å². The smallest absolute Gasteiger partial charge is 0.255 e. The summed E-state index contributed by atoms with van der Waals surface area (Å²) in [4.78, 5) is 11.5. The van der Waals surface area contributed by atoms with E-state index in [-0.39, 0.29) is 11.4 Å². The fourth-order valence-corrected chi connectivity index (χ4v) is 3.14. The fraction of sp³-hybridized carbons (Fsp3) is 0.600. The molecule has 114 valence electrons. The van der Waals surface area contributed by atoms with Crippen LogP contribution < -0.4 is 11.5 Å². The molecule has 0 bridgehead atoms. The predicted octanol–water partition coefficient (Wildman–Crippen LogP) is 2.86. The van der Waals surface area contributed by atoms with E-state index in [1.54, 1.807) is 0 Å². The van der Waals surface area contributed by atoms with E-state index in [0.29, 0.717) is 11.6 Å². The molecular formula is C15H21IN4O. The molecule has 6 heteroatoms. The van der Waals surface area contributed by atoms with Gasteiger partial charge in [0.25, 0.3) is 5.91 Å². The molecule has 0 spiro atoms. The second-order valence-corrected chi connectivity index (χ2v) is 6.41. The van der Waals surface area contributed by atoms with Crippen LogP contribution in [0.3, 0.4) is 0 Å². The van der Waals surface area contributed by atoms with E-state index in [1.807, 2.05) is 22.9 Å². The zero-order valence-electron chi connectivity index (χ0n) is 12.1. The SMILES string of the molecule is NC(=O)c1c(C#CC2CCCCCCCC2)nn(I)c1N. The Balaban J connectivity index is 2.17. The summed E-state index contributed by atoms with van der Waals surface area (Å²) in [5, 5.41) is 4.18. The third-order valence-electron chi connectivity index (χ3n) is 3.88. The number of primary amides is 1. The highest BCUT2D eigenvalue weighted by Gasteiger charge is 2.18. The average Bonchev–Trinajstić information content (AvgIpc) is 2.79. The van der Waals surface area contributed by atoms with E-state index in [2.05, 4.69) is 16.9 Å². The second kappa shape index (κ2) is 7.69. The van der Waals surface area contributed by atoms with Crippen LogP contribution in [-0.4, -0.2) is 13.9 Å². The molecule has 4 N–H and O–H groups in total. The van der Waals surface area contributed by atoms with Gasteiger partial charge >= 0.3 is 0 Å². The molecule has 21 heavy (non-hydrogen) atoms. The first-order valence-electron chi connectivity index (χ1n) is 7.45. The van der Waals surface area contributed by atoms with Crippen molar-refractivity contribution in [3.63, 3.8) is 0 Å². The number of carbonyl (C=O) groups excluding carboxylic acids is 1. The molecule has 0 aliphatic heterocycles. The Hall–Kier alpha value is -1.23. The number of nitrogens with two attached hydrogens (primary N) is 2. The summed E-state index contributed by atoms with van der Waals surface area (Å²) in [6.07, 6.45) is 9.96. The van der Waals surface area contributed by atoms with Gasteiger partial charge in [0.2, 0.25) is 0 Å². The minimum absolute atomic E-state index is 0.236. The Bertz CT molecular complexity index is 560. The predicted molar refractivity (Wildman–Crippen MR) is 91.9 cm³/mol. The number of anilines is 1. The lowest BCUT2D eigenvalue weighted by Gasteiger charge is -2.07. The van der Waals surface area contributed by atoms with Crippen LogP contribution in [0.2, 0.25) is 0 Å².